The molecule has 0 bridgehead atoms. The Labute approximate surface area is 121 Å². The number of aryl methyl sites for hydroxylation is 2. The molecule has 0 aliphatic rings. The lowest BCUT2D eigenvalue weighted by atomic mass is 10.1. The summed E-state index contributed by atoms with van der Waals surface area (Å²) in [6.07, 6.45) is -1.27. The molecule has 0 atom stereocenters. The van der Waals surface area contributed by atoms with E-state index < -0.39 is 12.6 Å². The van der Waals surface area contributed by atoms with Crippen molar-refractivity contribution in [3.8, 4) is 0 Å². The molecule has 1 heterocycles. The third kappa shape index (κ3) is 4.81. The Morgan fingerprint density at radius 2 is 2.00 bits per heavy atom. The first-order chi connectivity index (χ1) is 9.98. The maximum Gasteiger partial charge on any atom is 0.389 e. The SMILES string of the molecule is CCn1cc(CNc2ccccc2CCC(F)(F)F)cn1. The number of para-hydroxylation sites is 1. The van der Waals surface area contributed by atoms with E-state index in [1.807, 2.05) is 23.9 Å². The number of nitrogens with zero attached hydrogens (tertiary/aromatic N) is 2. The zero-order valence-electron chi connectivity index (χ0n) is 11.8. The van der Waals surface area contributed by atoms with Crippen molar-refractivity contribution < 1.29 is 13.2 Å². The fraction of sp³-hybridized carbons (Fsp3) is 0.400. The van der Waals surface area contributed by atoms with E-state index in [-0.39, 0.29) is 6.42 Å². The Morgan fingerprint density at radius 3 is 2.67 bits per heavy atom. The second kappa shape index (κ2) is 6.65. The highest BCUT2D eigenvalue weighted by molar-refractivity contribution is 5.51. The number of hydrogen-bond acceptors (Lipinski definition) is 2. The Morgan fingerprint density at radius 1 is 1.24 bits per heavy atom. The van der Waals surface area contributed by atoms with E-state index in [4.69, 9.17) is 0 Å². The fourth-order valence-corrected chi connectivity index (χ4v) is 2.06. The molecular weight excluding hydrogens is 279 g/mol. The van der Waals surface area contributed by atoms with Crippen molar-refractivity contribution >= 4 is 5.69 Å². The first-order valence-corrected chi connectivity index (χ1v) is 6.88. The van der Waals surface area contributed by atoms with Gasteiger partial charge in [0.2, 0.25) is 0 Å². The number of nitrogens with one attached hydrogen (secondary N) is 1. The van der Waals surface area contributed by atoms with E-state index in [1.54, 1.807) is 24.4 Å². The van der Waals surface area contributed by atoms with Crippen molar-refractivity contribution in [2.24, 2.45) is 0 Å². The molecule has 3 nitrogen and oxygen atoms in total. The van der Waals surface area contributed by atoms with Crippen LogP contribution in [0.25, 0.3) is 0 Å². The third-order valence-corrected chi connectivity index (χ3v) is 3.19. The van der Waals surface area contributed by atoms with E-state index in [1.165, 1.54) is 0 Å². The molecule has 2 rings (SSSR count). The van der Waals surface area contributed by atoms with Crippen molar-refractivity contribution in [3.63, 3.8) is 0 Å². The quantitative estimate of drug-likeness (QED) is 0.873. The van der Waals surface area contributed by atoms with E-state index in [0.29, 0.717) is 12.1 Å². The fourth-order valence-electron chi connectivity index (χ4n) is 2.06. The molecule has 0 amide bonds. The van der Waals surface area contributed by atoms with Crippen LogP contribution in [0, 0.1) is 0 Å². The monoisotopic (exact) mass is 297 g/mol. The molecule has 1 aromatic heterocycles. The standard InChI is InChI=1S/C15H18F3N3/c1-2-21-11-12(10-20-21)9-19-14-6-4-3-5-13(14)7-8-15(16,17)18/h3-6,10-11,19H,2,7-9H2,1H3. The normalized spacial score (nSPS) is 11.6. The van der Waals surface area contributed by atoms with E-state index in [0.717, 1.165) is 17.8 Å². The largest absolute Gasteiger partial charge is 0.389 e. The molecule has 0 unspecified atom stereocenters. The lowest BCUT2D eigenvalue weighted by Crippen LogP contribution is -2.10. The van der Waals surface area contributed by atoms with Gasteiger partial charge in [0.15, 0.2) is 0 Å². The minimum atomic E-state index is -4.13. The van der Waals surface area contributed by atoms with Crippen LogP contribution in [0.1, 0.15) is 24.5 Å². The zero-order valence-corrected chi connectivity index (χ0v) is 11.8. The molecule has 21 heavy (non-hydrogen) atoms. The second-order valence-corrected chi connectivity index (χ2v) is 4.83. The number of hydrogen-bond donors (Lipinski definition) is 1. The van der Waals surface area contributed by atoms with Crippen molar-refractivity contribution in [2.75, 3.05) is 5.32 Å². The van der Waals surface area contributed by atoms with Crippen LogP contribution < -0.4 is 5.32 Å². The molecule has 0 aliphatic heterocycles. The Kier molecular flexibility index (Phi) is 4.88. The topological polar surface area (TPSA) is 29.9 Å². The van der Waals surface area contributed by atoms with Crippen LogP contribution in [-0.4, -0.2) is 16.0 Å². The van der Waals surface area contributed by atoms with Gasteiger partial charge in [0.05, 0.1) is 6.20 Å². The lowest BCUT2D eigenvalue weighted by Gasteiger charge is -2.12. The van der Waals surface area contributed by atoms with Crippen LogP contribution in [0.5, 0.6) is 0 Å². The first kappa shape index (κ1) is 15.4. The van der Waals surface area contributed by atoms with Crippen LogP contribution in [-0.2, 0) is 19.5 Å². The van der Waals surface area contributed by atoms with Gasteiger partial charge in [0.25, 0.3) is 0 Å². The van der Waals surface area contributed by atoms with Gasteiger partial charge in [-0.3, -0.25) is 4.68 Å². The number of halogens is 3. The summed E-state index contributed by atoms with van der Waals surface area (Å²) in [5, 5.41) is 7.35. The van der Waals surface area contributed by atoms with Gasteiger partial charge < -0.3 is 5.32 Å². The first-order valence-electron chi connectivity index (χ1n) is 6.88. The highest BCUT2D eigenvalue weighted by Crippen LogP contribution is 2.25. The molecule has 2 aromatic rings. The molecule has 0 radical (unpaired) electrons. The van der Waals surface area contributed by atoms with Crippen LogP contribution in [0.4, 0.5) is 18.9 Å². The van der Waals surface area contributed by atoms with Crippen LogP contribution in [0.15, 0.2) is 36.7 Å². The minimum absolute atomic E-state index is 0.0130. The summed E-state index contributed by atoms with van der Waals surface area (Å²) in [6, 6.07) is 7.10. The van der Waals surface area contributed by atoms with Crippen molar-refractivity contribution in [3.05, 3.63) is 47.8 Å². The summed E-state index contributed by atoms with van der Waals surface area (Å²) in [5.74, 6) is 0. The summed E-state index contributed by atoms with van der Waals surface area (Å²) < 4.78 is 38.8. The number of alkyl halides is 3. The highest BCUT2D eigenvalue weighted by atomic mass is 19.4. The average molecular weight is 297 g/mol. The molecule has 1 aromatic carbocycles. The molecule has 114 valence electrons. The van der Waals surface area contributed by atoms with Gasteiger partial charge in [-0.1, -0.05) is 18.2 Å². The summed E-state index contributed by atoms with van der Waals surface area (Å²) >= 11 is 0. The Hall–Kier alpha value is -1.98. The van der Waals surface area contributed by atoms with E-state index in [9.17, 15) is 13.2 Å². The third-order valence-electron chi connectivity index (χ3n) is 3.19. The summed E-state index contributed by atoms with van der Waals surface area (Å²) in [7, 11) is 0. The lowest BCUT2D eigenvalue weighted by molar-refractivity contribution is -0.133. The molecule has 0 aliphatic carbocycles. The van der Waals surface area contributed by atoms with Crippen molar-refractivity contribution in [2.45, 2.75) is 39.0 Å². The van der Waals surface area contributed by atoms with E-state index >= 15 is 0 Å². The molecule has 0 saturated carbocycles. The predicted molar refractivity (Wildman–Crippen MR) is 76.0 cm³/mol. The number of anilines is 1. The Balaban J connectivity index is 1.99. The molecule has 0 spiro atoms. The van der Waals surface area contributed by atoms with Crippen molar-refractivity contribution in [1.29, 1.82) is 0 Å². The second-order valence-electron chi connectivity index (χ2n) is 4.83. The van der Waals surface area contributed by atoms with Crippen LogP contribution >= 0.6 is 0 Å². The van der Waals surface area contributed by atoms with Gasteiger partial charge in [-0.25, -0.2) is 0 Å². The maximum atomic E-state index is 12.3. The van der Waals surface area contributed by atoms with Gasteiger partial charge >= 0.3 is 6.18 Å². The molecule has 1 N–H and O–H groups in total. The molecule has 6 heteroatoms. The number of benzene rings is 1. The van der Waals surface area contributed by atoms with Crippen LogP contribution in [0.2, 0.25) is 0 Å². The summed E-state index contributed by atoms with van der Waals surface area (Å²) in [4.78, 5) is 0. The number of rotatable bonds is 6. The van der Waals surface area contributed by atoms with Gasteiger partial charge in [0.1, 0.15) is 0 Å². The minimum Gasteiger partial charge on any atom is -0.381 e. The van der Waals surface area contributed by atoms with E-state index in [2.05, 4.69) is 10.4 Å². The van der Waals surface area contributed by atoms with Gasteiger partial charge in [-0.2, -0.15) is 18.3 Å². The smallest absolute Gasteiger partial charge is 0.381 e. The number of aromatic nitrogens is 2. The predicted octanol–water partition coefficient (Wildman–Crippen LogP) is 4.01. The summed E-state index contributed by atoms with van der Waals surface area (Å²) in [5.41, 5.74) is 2.42. The summed E-state index contributed by atoms with van der Waals surface area (Å²) in [6.45, 7) is 3.34. The molecular formula is C15H18F3N3. The Bertz CT molecular complexity index is 576. The highest BCUT2D eigenvalue weighted by Gasteiger charge is 2.26. The maximum absolute atomic E-state index is 12.3. The molecule has 0 fully saturated rings. The van der Waals surface area contributed by atoms with Gasteiger partial charge in [-0.15, -0.1) is 0 Å². The van der Waals surface area contributed by atoms with Crippen LogP contribution in [0.3, 0.4) is 0 Å². The average Bonchev–Trinajstić information content (AvgIpc) is 2.91. The van der Waals surface area contributed by atoms with Gasteiger partial charge in [-0.05, 0) is 25.0 Å². The van der Waals surface area contributed by atoms with Gasteiger partial charge in [0, 0.05) is 37.0 Å². The van der Waals surface area contributed by atoms with Crippen molar-refractivity contribution in [1.82, 2.24) is 9.78 Å². The molecule has 0 saturated heterocycles. The zero-order chi connectivity index (χ0) is 15.3.